The second-order valence-corrected chi connectivity index (χ2v) is 4.97. The number of aromatic nitrogens is 1. The minimum Gasteiger partial charge on any atom is -0.480 e. The number of nitrogens with zero attached hydrogens (tertiary/aromatic N) is 2. The lowest BCUT2D eigenvalue weighted by molar-refractivity contribution is -0.150. The Hall–Kier alpha value is -2.15. The number of pyridine rings is 1. The molecule has 0 saturated carbocycles. The smallest absolute Gasteiger partial charge is 0.329 e. The van der Waals surface area contributed by atoms with E-state index in [4.69, 9.17) is 9.84 Å². The van der Waals surface area contributed by atoms with Gasteiger partial charge in [-0.25, -0.2) is 4.79 Å². The molecule has 108 valence electrons. The first kappa shape index (κ1) is 14.3. The molecular weight excluding hydrogens is 262 g/mol. The zero-order valence-corrected chi connectivity index (χ0v) is 11.4. The first-order chi connectivity index (χ1) is 9.43. The fourth-order valence-corrected chi connectivity index (χ4v) is 2.14. The van der Waals surface area contributed by atoms with Gasteiger partial charge in [-0.3, -0.25) is 9.78 Å². The van der Waals surface area contributed by atoms with Gasteiger partial charge < -0.3 is 20.1 Å². The molecule has 1 aromatic rings. The molecule has 0 atom stereocenters. The van der Waals surface area contributed by atoms with Crippen LogP contribution in [0.4, 0.5) is 5.69 Å². The summed E-state index contributed by atoms with van der Waals surface area (Å²) in [6, 6.07) is 3.51. The van der Waals surface area contributed by atoms with Crippen molar-refractivity contribution in [2.45, 2.75) is 12.5 Å². The first-order valence-corrected chi connectivity index (χ1v) is 6.22. The van der Waals surface area contributed by atoms with Crippen molar-refractivity contribution in [2.75, 3.05) is 31.6 Å². The highest BCUT2D eigenvalue weighted by Gasteiger charge is 2.40. The van der Waals surface area contributed by atoms with Crippen LogP contribution in [0.5, 0.6) is 0 Å². The van der Waals surface area contributed by atoms with Gasteiger partial charge in [0.15, 0.2) is 0 Å². The summed E-state index contributed by atoms with van der Waals surface area (Å²) in [7, 11) is 1.55. The van der Waals surface area contributed by atoms with E-state index in [1.165, 1.54) is 0 Å². The van der Waals surface area contributed by atoms with Crippen molar-refractivity contribution in [1.82, 2.24) is 10.3 Å². The predicted molar refractivity (Wildman–Crippen MR) is 71.8 cm³/mol. The number of carbonyl (C=O) groups excluding carboxylic acids is 1. The maximum absolute atomic E-state index is 11.5. The fourth-order valence-electron chi connectivity index (χ4n) is 2.14. The van der Waals surface area contributed by atoms with Gasteiger partial charge in [0.25, 0.3) is 5.91 Å². The van der Waals surface area contributed by atoms with Crippen molar-refractivity contribution in [2.24, 2.45) is 0 Å². The van der Waals surface area contributed by atoms with Gasteiger partial charge >= 0.3 is 5.97 Å². The van der Waals surface area contributed by atoms with E-state index in [-0.39, 0.29) is 12.5 Å². The molecule has 1 aliphatic rings. The van der Waals surface area contributed by atoms with Gasteiger partial charge in [-0.05, 0) is 19.1 Å². The molecule has 1 aromatic heterocycles. The summed E-state index contributed by atoms with van der Waals surface area (Å²) >= 11 is 0. The topological polar surface area (TPSA) is 91.8 Å². The summed E-state index contributed by atoms with van der Waals surface area (Å²) in [5, 5.41) is 11.1. The van der Waals surface area contributed by atoms with Gasteiger partial charge in [-0.1, -0.05) is 0 Å². The molecule has 7 nitrogen and oxygen atoms in total. The van der Waals surface area contributed by atoms with Gasteiger partial charge in [-0.2, -0.15) is 0 Å². The van der Waals surface area contributed by atoms with Crippen molar-refractivity contribution in [3.05, 3.63) is 24.0 Å². The number of nitrogens with one attached hydrogen (secondary N) is 1. The molecule has 20 heavy (non-hydrogen) atoms. The van der Waals surface area contributed by atoms with E-state index in [1.807, 2.05) is 17.9 Å². The number of rotatable bonds is 5. The van der Waals surface area contributed by atoms with Crippen LogP contribution >= 0.6 is 0 Å². The van der Waals surface area contributed by atoms with Crippen LogP contribution in [0.1, 0.15) is 17.4 Å². The molecule has 0 spiro atoms. The Morgan fingerprint density at radius 1 is 1.55 bits per heavy atom. The van der Waals surface area contributed by atoms with Gasteiger partial charge in [0.2, 0.25) is 0 Å². The Bertz CT molecular complexity index is 526. The van der Waals surface area contributed by atoms with Crippen molar-refractivity contribution in [3.8, 4) is 0 Å². The average Bonchev–Trinajstić information content (AvgIpc) is 2.41. The number of carboxylic acids is 1. The summed E-state index contributed by atoms with van der Waals surface area (Å²) in [5.74, 6) is -1.22. The Kier molecular flexibility index (Phi) is 3.89. The minimum atomic E-state index is -0.976. The molecule has 1 amide bonds. The van der Waals surface area contributed by atoms with Crippen LogP contribution in [0.15, 0.2) is 18.3 Å². The molecule has 2 rings (SSSR count). The summed E-state index contributed by atoms with van der Waals surface area (Å²) in [6.45, 7) is 2.73. The van der Waals surface area contributed by atoms with Crippen LogP contribution in [0.2, 0.25) is 0 Å². The number of hydrogen-bond donors (Lipinski definition) is 2. The number of carboxylic acid groups (broad SMARTS) is 1. The molecule has 2 heterocycles. The number of carbonyl (C=O) groups is 2. The lowest BCUT2D eigenvalue weighted by atomic mass is 9.95. The molecule has 0 aliphatic carbocycles. The summed E-state index contributed by atoms with van der Waals surface area (Å²) < 4.78 is 5.34. The van der Waals surface area contributed by atoms with Crippen LogP contribution < -0.4 is 10.2 Å². The predicted octanol–water partition coefficient (Wildman–Crippen LogP) is 0.121. The highest BCUT2D eigenvalue weighted by Crippen LogP contribution is 2.30. The van der Waals surface area contributed by atoms with Crippen molar-refractivity contribution < 1.29 is 19.4 Å². The van der Waals surface area contributed by atoms with Gasteiger partial charge in [-0.15, -0.1) is 0 Å². The van der Waals surface area contributed by atoms with E-state index in [0.717, 1.165) is 5.69 Å². The second-order valence-electron chi connectivity index (χ2n) is 4.97. The van der Waals surface area contributed by atoms with E-state index < -0.39 is 11.6 Å². The minimum absolute atomic E-state index is 0.239. The van der Waals surface area contributed by atoms with Crippen LogP contribution in [0.25, 0.3) is 0 Å². The highest BCUT2D eigenvalue weighted by atomic mass is 16.5. The van der Waals surface area contributed by atoms with Gasteiger partial charge in [0, 0.05) is 32.0 Å². The maximum atomic E-state index is 11.5. The Labute approximate surface area is 116 Å². The standard InChI is InChI=1S/C13H17N3O4/c1-13(20-6-11(17)18)7-16(8-13)9-3-4-15-10(5-9)12(19)14-2/h3-5H,6-8H2,1-2H3,(H,14,19)(H,17,18). The molecule has 0 radical (unpaired) electrons. The summed E-state index contributed by atoms with van der Waals surface area (Å²) in [6.07, 6.45) is 1.58. The van der Waals surface area contributed by atoms with E-state index >= 15 is 0 Å². The molecule has 1 fully saturated rings. The van der Waals surface area contributed by atoms with Crippen molar-refractivity contribution in [1.29, 1.82) is 0 Å². The molecular formula is C13H17N3O4. The molecule has 2 N–H and O–H groups in total. The number of ether oxygens (including phenoxy) is 1. The quantitative estimate of drug-likeness (QED) is 0.795. The number of amides is 1. The van der Waals surface area contributed by atoms with Crippen molar-refractivity contribution >= 4 is 17.6 Å². The normalized spacial score (nSPS) is 16.4. The van der Waals surface area contributed by atoms with E-state index in [0.29, 0.717) is 18.8 Å². The lowest BCUT2D eigenvalue weighted by Crippen LogP contribution is -2.62. The molecule has 0 bridgehead atoms. The fraction of sp³-hybridized carbons (Fsp3) is 0.462. The average molecular weight is 279 g/mol. The third-order valence-corrected chi connectivity index (χ3v) is 3.16. The SMILES string of the molecule is CNC(=O)c1cc(N2CC(C)(OCC(=O)O)C2)ccn1. The third kappa shape index (κ3) is 3.05. The van der Waals surface area contributed by atoms with E-state index in [2.05, 4.69) is 10.3 Å². The molecule has 0 unspecified atom stereocenters. The number of aliphatic carboxylic acids is 1. The Balaban J connectivity index is 1.98. The maximum Gasteiger partial charge on any atom is 0.329 e. The largest absolute Gasteiger partial charge is 0.480 e. The third-order valence-electron chi connectivity index (χ3n) is 3.16. The van der Waals surface area contributed by atoms with Gasteiger partial charge in [0.1, 0.15) is 17.9 Å². The Morgan fingerprint density at radius 3 is 2.85 bits per heavy atom. The van der Waals surface area contributed by atoms with Crippen LogP contribution in [-0.4, -0.2) is 54.3 Å². The van der Waals surface area contributed by atoms with E-state index in [1.54, 1.807) is 19.3 Å². The van der Waals surface area contributed by atoms with Crippen LogP contribution in [-0.2, 0) is 9.53 Å². The molecule has 0 aromatic carbocycles. The number of anilines is 1. The zero-order valence-electron chi connectivity index (χ0n) is 11.4. The molecule has 1 aliphatic heterocycles. The zero-order chi connectivity index (χ0) is 14.8. The summed E-state index contributed by atoms with van der Waals surface area (Å²) in [5.41, 5.74) is 0.759. The highest BCUT2D eigenvalue weighted by molar-refractivity contribution is 5.92. The molecule has 1 saturated heterocycles. The van der Waals surface area contributed by atoms with Gasteiger partial charge in [0.05, 0.1) is 0 Å². The summed E-state index contributed by atoms with van der Waals surface area (Å²) in [4.78, 5) is 28.0. The second kappa shape index (κ2) is 5.46. The monoisotopic (exact) mass is 279 g/mol. The molecule has 7 heteroatoms. The van der Waals surface area contributed by atoms with E-state index in [9.17, 15) is 9.59 Å². The lowest BCUT2D eigenvalue weighted by Gasteiger charge is -2.48. The van der Waals surface area contributed by atoms with Crippen LogP contribution in [0.3, 0.4) is 0 Å². The number of hydrogen-bond acceptors (Lipinski definition) is 5. The first-order valence-electron chi connectivity index (χ1n) is 6.22. The van der Waals surface area contributed by atoms with Crippen LogP contribution in [0, 0.1) is 0 Å². The van der Waals surface area contributed by atoms with Crippen molar-refractivity contribution in [3.63, 3.8) is 0 Å². The Morgan fingerprint density at radius 2 is 2.25 bits per heavy atom.